The van der Waals surface area contributed by atoms with E-state index in [1.54, 1.807) is 32.9 Å². The van der Waals surface area contributed by atoms with Crippen molar-refractivity contribution in [2.24, 2.45) is 11.0 Å². The standard InChI is InChI=1S/C17H21Cl2N3O4/c1-4-26-17(25)10(2)11(3)21-22-16(24)8-7-15(23)20-14-6-5-12(18)9-13(14)19/h5-6,9-10H,4,7-8H2,1-3H3,(H,20,23)(H,22,24)/b21-11-. The van der Waals surface area contributed by atoms with Crippen molar-refractivity contribution in [2.75, 3.05) is 11.9 Å². The first-order valence-electron chi connectivity index (χ1n) is 7.99. The number of benzene rings is 1. The predicted molar refractivity (Wildman–Crippen MR) is 101 cm³/mol. The highest BCUT2D eigenvalue weighted by Crippen LogP contribution is 2.25. The van der Waals surface area contributed by atoms with Gasteiger partial charge in [-0.3, -0.25) is 14.4 Å². The highest BCUT2D eigenvalue weighted by Gasteiger charge is 2.17. The van der Waals surface area contributed by atoms with Crippen LogP contribution < -0.4 is 10.7 Å². The number of nitrogens with one attached hydrogen (secondary N) is 2. The number of anilines is 1. The predicted octanol–water partition coefficient (Wildman–Crippen LogP) is 3.40. The van der Waals surface area contributed by atoms with Crippen LogP contribution in [0.2, 0.25) is 10.0 Å². The molecule has 26 heavy (non-hydrogen) atoms. The minimum absolute atomic E-state index is 0.0488. The molecule has 9 heteroatoms. The number of ether oxygens (including phenoxy) is 1. The van der Waals surface area contributed by atoms with E-state index in [-0.39, 0.29) is 25.4 Å². The van der Waals surface area contributed by atoms with Gasteiger partial charge in [0.1, 0.15) is 0 Å². The van der Waals surface area contributed by atoms with Gasteiger partial charge in [0, 0.05) is 23.6 Å². The molecule has 0 aromatic heterocycles. The van der Waals surface area contributed by atoms with E-state index >= 15 is 0 Å². The molecule has 0 radical (unpaired) electrons. The van der Waals surface area contributed by atoms with Gasteiger partial charge in [-0.15, -0.1) is 0 Å². The summed E-state index contributed by atoms with van der Waals surface area (Å²) < 4.78 is 4.88. The molecule has 0 saturated carbocycles. The smallest absolute Gasteiger partial charge is 0.314 e. The van der Waals surface area contributed by atoms with Gasteiger partial charge in [-0.05, 0) is 39.0 Å². The lowest BCUT2D eigenvalue weighted by atomic mass is 10.1. The lowest BCUT2D eigenvalue weighted by Crippen LogP contribution is -2.26. The van der Waals surface area contributed by atoms with Gasteiger partial charge in [-0.1, -0.05) is 23.2 Å². The molecule has 7 nitrogen and oxygen atoms in total. The number of halogens is 2. The van der Waals surface area contributed by atoms with Crippen molar-refractivity contribution in [1.29, 1.82) is 0 Å². The average molecular weight is 402 g/mol. The van der Waals surface area contributed by atoms with Gasteiger partial charge in [-0.25, -0.2) is 5.43 Å². The summed E-state index contributed by atoms with van der Waals surface area (Å²) in [7, 11) is 0. The van der Waals surface area contributed by atoms with Crippen LogP contribution in [0.5, 0.6) is 0 Å². The van der Waals surface area contributed by atoms with Crippen LogP contribution >= 0.6 is 23.2 Å². The molecule has 0 spiro atoms. The van der Waals surface area contributed by atoms with E-state index in [0.29, 0.717) is 21.4 Å². The van der Waals surface area contributed by atoms with Crippen LogP contribution in [0.1, 0.15) is 33.6 Å². The number of hydrogen-bond acceptors (Lipinski definition) is 5. The molecular formula is C17H21Cl2N3O4. The first-order valence-corrected chi connectivity index (χ1v) is 8.74. The maximum Gasteiger partial charge on any atom is 0.314 e. The van der Waals surface area contributed by atoms with E-state index in [1.165, 1.54) is 6.07 Å². The van der Waals surface area contributed by atoms with E-state index in [2.05, 4.69) is 15.8 Å². The molecule has 0 fully saturated rings. The van der Waals surface area contributed by atoms with E-state index < -0.39 is 17.8 Å². The average Bonchev–Trinajstić information content (AvgIpc) is 2.59. The van der Waals surface area contributed by atoms with E-state index in [4.69, 9.17) is 27.9 Å². The number of nitrogens with zero attached hydrogens (tertiary/aromatic N) is 1. The second-order valence-electron chi connectivity index (χ2n) is 5.43. The van der Waals surface area contributed by atoms with Crippen LogP contribution in [0, 0.1) is 5.92 Å². The fourth-order valence-electron chi connectivity index (χ4n) is 1.77. The highest BCUT2D eigenvalue weighted by atomic mass is 35.5. The van der Waals surface area contributed by atoms with Crippen molar-refractivity contribution in [3.63, 3.8) is 0 Å². The van der Waals surface area contributed by atoms with Crippen LogP contribution in [0.3, 0.4) is 0 Å². The van der Waals surface area contributed by atoms with Crippen molar-refractivity contribution < 1.29 is 19.1 Å². The Balaban J connectivity index is 2.44. The van der Waals surface area contributed by atoms with Crippen LogP contribution in [0.4, 0.5) is 5.69 Å². The first-order chi connectivity index (χ1) is 12.2. The third kappa shape index (κ3) is 7.41. The molecule has 1 atom stereocenters. The largest absolute Gasteiger partial charge is 0.465 e. The minimum atomic E-state index is -0.564. The normalized spacial score (nSPS) is 12.3. The molecule has 0 saturated heterocycles. The van der Waals surface area contributed by atoms with Crippen molar-refractivity contribution in [3.05, 3.63) is 28.2 Å². The van der Waals surface area contributed by atoms with Gasteiger partial charge in [0.15, 0.2) is 0 Å². The summed E-state index contributed by atoms with van der Waals surface area (Å²) in [6.45, 7) is 5.22. The number of rotatable bonds is 8. The molecule has 0 aliphatic rings. The summed E-state index contributed by atoms with van der Waals surface area (Å²) in [6.07, 6.45) is -0.117. The van der Waals surface area contributed by atoms with Crippen molar-refractivity contribution in [2.45, 2.75) is 33.6 Å². The summed E-state index contributed by atoms with van der Waals surface area (Å²) in [6, 6.07) is 4.68. The van der Waals surface area contributed by atoms with Crippen molar-refractivity contribution in [1.82, 2.24) is 5.43 Å². The third-order valence-corrected chi connectivity index (χ3v) is 3.96. The fourth-order valence-corrected chi connectivity index (χ4v) is 2.23. The summed E-state index contributed by atoms with van der Waals surface area (Å²) in [5, 5.41) is 7.23. The zero-order chi connectivity index (χ0) is 19.7. The summed E-state index contributed by atoms with van der Waals surface area (Å²) in [5.74, 6) is -1.80. The first kappa shape index (κ1) is 21.9. The molecule has 0 aliphatic heterocycles. The molecular weight excluding hydrogens is 381 g/mol. The Morgan fingerprint density at radius 3 is 2.46 bits per heavy atom. The molecule has 142 valence electrons. The Hall–Kier alpha value is -2.12. The molecule has 1 unspecified atom stereocenters. The van der Waals surface area contributed by atoms with Crippen LogP contribution in [-0.4, -0.2) is 30.1 Å². The second-order valence-corrected chi connectivity index (χ2v) is 6.28. The summed E-state index contributed by atoms with van der Waals surface area (Å²) in [4.78, 5) is 35.2. The molecule has 1 aromatic rings. The zero-order valence-corrected chi connectivity index (χ0v) is 16.3. The minimum Gasteiger partial charge on any atom is -0.465 e. The molecule has 0 aliphatic carbocycles. The van der Waals surface area contributed by atoms with Gasteiger partial charge in [0.2, 0.25) is 11.8 Å². The molecule has 1 aromatic carbocycles. The van der Waals surface area contributed by atoms with Gasteiger partial charge < -0.3 is 10.1 Å². The highest BCUT2D eigenvalue weighted by molar-refractivity contribution is 6.36. The van der Waals surface area contributed by atoms with Crippen LogP contribution in [0.15, 0.2) is 23.3 Å². The lowest BCUT2D eigenvalue weighted by Gasteiger charge is -2.10. The zero-order valence-electron chi connectivity index (χ0n) is 14.8. The Morgan fingerprint density at radius 1 is 1.19 bits per heavy atom. The molecule has 0 bridgehead atoms. The Morgan fingerprint density at radius 2 is 1.85 bits per heavy atom. The van der Waals surface area contributed by atoms with E-state index in [0.717, 1.165) is 0 Å². The summed E-state index contributed by atoms with van der Waals surface area (Å²) in [5.41, 5.74) is 3.14. The number of amides is 2. The second kappa shape index (κ2) is 10.8. The number of carbonyl (C=O) groups is 3. The monoisotopic (exact) mass is 401 g/mol. The Labute approximate surface area is 162 Å². The van der Waals surface area contributed by atoms with E-state index in [9.17, 15) is 14.4 Å². The maximum absolute atomic E-state index is 11.9. The van der Waals surface area contributed by atoms with Gasteiger partial charge >= 0.3 is 5.97 Å². The summed E-state index contributed by atoms with van der Waals surface area (Å²) >= 11 is 11.7. The quantitative estimate of drug-likeness (QED) is 0.396. The van der Waals surface area contributed by atoms with Gasteiger partial charge in [0.05, 0.1) is 23.2 Å². The number of esters is 1. The lowest BCUT2D eigenvalue weighted by molar-refractivity contribution is -0.145. The number of hydrogen-bond donors (Lipinski definition) is 2. The van der Waals surface area contributed by atoms with Crippen LogP contribution in [0.25, 0.3) is 0 Å². The van der Waals surface area contributed by atoms with Crippen LogP contribution in [-0.2, 0) is 19.1 Å². The Kier molecular flexibility index (Phi) is 9.09. The molecule has 1 rings (SSSR count). The van der Waals surface area contributed by atoms with Gasteiger partial charge in [0.25, 0.3) is 0 Å². The molecule has 0 heterocycles. The Bertz CT molecular complexity index is 707. The fraction of sp³-hybridized carbons (Fsp3) is 0.412. The topological polar surface area (TPSA) is 96.9 Å². The maximum atomic E-state index is 11.9. The third-order valence-electron chi connectivity index (χ3n) is 3.41. The molecule has 2 amide bonds. The number of hydrazone groups is 1. The SMILES string of the molecule is CCOC(=O)C(C)/C(C)=N\NC(=O)CCC(=O)Nc1ccc(Cl)cc1Cl. The number of carbonyl (C=O) groups excluding carboxylic acids is 3. The van der Waals surface area contributed by atoms with Crippen molar-refractivity contribution >= 4 is 52.4 Å². The molecule has 2 N–H and O–H groups in total. The van der Waals surface area contributed by atoms with Gasteiger partial charge in [-0.2, -0.15) is 5.10 Å². The van der Waals surface area contributed by atoms with E-state index in [1.807, 2.05) is 0 Å². The van der Waals surface area contributed by atoms with Crippen molar-refractivity contribution in [3.8, 4) is 0 Å².